The zero-order valence-electron chi connectivity index (χ0n) is 10.4. The Morgan fingerprint density at radius 1 is 1.05 bits per heavy atom. The topological polar surface area (TPSA) is 26.0 Å². The van der Waals surface area contributed by atoms with E-state index in [1.54, 1.807) is 11.8 Å². The van der Waals surface area contributed by atoms with Gasteiger partial charge in [-0.1, -0.05) is 47.7 Å². The molecule has 0 fully saturated rings. The Morgan fingerprint density at radius 2 is 1.79 bits per heavy atom. The second kappa shape index (κ2) is 7.25. The quantitative estimate of drug-likeness (QED) is 0.683. The van der Waals surface area contributed by atoms with Crippen LogP contribution in [0.3, 0.4) is 0 Å². The smallest absolute Gasteiger partial charge is 0.0555 e. The van der Waals surface area contributed by atoms with Crippen LogP contribution in [0.2, 0.25) is 5.02 Å². The average molecular weight is 288 g/mol. The largest absolute Gasteiger partial charge is 0.320 e. The lowest BCUT2D eigenvalue weighted by Crippen LogP contribution is -1.93. The summed E-state index contributed by atoms with van der Waals surface area (Å²) >= 11 is 7.86. The minimum atomic E-state index is 0.393. The molecule has 2 rings (SSSR count). The van der Waals surface area contributed by atoms with Gasteiger partial charge in [0, 0.05) is 16.2 Å². The molecule has 2 aromatic carbocycles. The fourth-order valence-electron chi connectivity index (χ4n) is 1.56. The minimum Gasteiger partial charge on any atom is -0.320 e. The van der Waals surface area contributed by atoms with E-state index in [-0.39, 0.29) is 0 Å². The molecule has 3 heteroatoms. The molecule has 0 unspecified atom stereocenters. The van der Waals surface area contributed by atoms with E-state index in [0.29, 0.717) is 6.54 Å². The first-order valence-electron chi connectivity index (χ1n) is 5.95. The Morgan fingerprint density at radius 3 is 2.47 bits per heavy atom. The SMILES string of the molecule is NCC#Cc1ccc(CSc2ccccc2Cl)cc1. The van der Waals surface area contributed by atoms with Crippen molar-refractivity contribution in [3.63, 3.8) is 0 Å². The molecule has 0 amide bonds. The molecule has 96 valence electrons. The van der Waals surface area contributed by atoms with Crippen LogP contribution in [0, 0.1) is 11.8 Å². The molecule has 0 saturated heterocycles. The van der Waals surface area contributed by atoms with E-state index in [9.17, 15) is 0 Å². The zero-order chi connectivity index (χ0) is 13.5. The van der Waals surface area contributed by atoms with Gasteiger partial charge in [0.15, 0.2) is 0 Å². The molecule has 0 heterocycles. The van der Waals surface area contributed by atoms with Crippen molar-refractivity contribution >= 4 is 23.4 Å². The fourth-order valence-corrected chi connectivity index (χ4v) is 2.76. The van der Waals surface area contributed by atoms with Gasteiger partial charge in [0.1, 0.15) is 0 Å². The van der Waals surface area contributed by atoms with Crippen LogP contribution in [-0.4, -0.2) is 6.54 Å². The summed E-state index contributed by atoms with van der Waals surface area (Å²) in [7, 11) is 0. The number of thioether (sulfide) groups is 1. The van der Waals surface area contributed by atoms with E-state index in [2.05, 4.69) is 24.0 Å². The molecule has 2 aromatic rings. The van der Waals surface area contributed by atoms with E-state index in [1.165, 1.54) is 5.56 Å². The molecule has 0 spiro atoms. The lowest BCUT2D eigenvalue weighted by Gasteiger charge is -2.04. The second-order valence-electron chi connectivity index (χ2n) is 3.92. The van der Waals surface area contributed by atoms with Gasteiger partial charge >= 0.3 is 0 Å². The zero-order valence-corrected chi connectivity index (χ0v) is 12.0. The van der Waals surface area contributed by atoms with Gasteiger partial charge in [0.25, 0.3) is 0 Å². The normalized spacial score (nSPS) is 9.79. The van der Waals surface area contributed by atoms with Crippen molar-refractivity contribution in [3.8, 4) is 11.8 Å². The average Bonchev–Trinajstić information content (AvgIpc) is 2.45. The fraction of sp³-hybridized carbons (Fsp3) is 0.125. The van der Waals surface area contributed by atoms with Crippen molar-refractivity contribution in [3.05, 3.63) is 64.7 Å². The van der Waals surface area contributed by atoms with Crippen molar-refractivity contribution < 1.29 is 0 Å². The second-order valence-corrected chi connectivity index (χ2v) is 5.35. The summed E-state index contributed by atoms with van der Waals surface area (Å²) in [6, 6.07) is 16.1. The van der Waals surface area contributed by atoms with Crippen LogP contribution in [0.4, 0.5) is 0 Å². The Hall–Kier alpha value is -1.40. The van der Waals surface area contributed by atoms with Crippen LogP contribution in [0.1, 0.15) is 11.1 Å². The van der Waals surface area contributed by atoms with Gasteiger partial charge in [-0.05, 0) is 29.8 Å². The number of rotatable bonds is 3. The highest BCUT2D eigenvalue weighted by atomic mass is 35.5. The van der Waals surface area contributed by atoms with Crippen LogP contribution >= 0.6 is 23.4 Å². The predicted octanol–water partition coefficient (Wildman–Crippen LogP) is 3.94. The molecule has 0 aliphatic heterocycles. The number of halogens is 1. The molecule has 0 atom stereocenters. The molecular weight excluding hydrogens is 274 g/mol. The maximum absolute atomic E-state index is 6.12. The Kier molecular flexibility index (Phi) is 5.35. The molecule has 2 N–H and O–H groups in total. The number of hydrogen-bond donors (Lipinski definition) is 1. The number of benzene rings is 2. The summed E-state index contributed by atoms with van der Waals surface area (Å²) in [5.41, 5.74) is 7.59. The van der Waals surface area contributed by atoms with Crippen molar-refractivity contribution in [2.45, 2.75) is 10.6 Å². The van der Waals surface area contributed by atoms with Crippen molar-refractivity contribution in [1.29, 1.82) is 0 Å². The van der Waals surface area contributed by atoms with Crippen molar-refractivity contribution in [2.75, 3.05) is 6.54 Å². The maximum atomic E-state index is 6.12. The van der Waals surface area contributed by atoms with E-state index in [0.717, 1.165) is 21.2 Å². The third kappa shape index (κ3) is 4.33. The minimum absolute atomic E-state index is 0.393. The first kappa shape index (κ1) is 14.0. The standard InChI is InChI=1S/C16H14ClNS/c17-15-5-1-2-6-16(15)19-12-14-9-7-13(8-10-14)4-3-11-18/h1-2,5-10H,11-12,18H2. The van der Waals surface area contributed by atoms with Crippen LogP contribution < -0.4 is 5.73 Å². The Bertz CT molecular complexity index is 596. The number of hydrogen-bond acceptors (Lipinski definition) is 2. The first-order valence-corrected chi connectivity index (χ1v) is 7.31. The molecule has 19 heavy (non-hydrogen) atoms. The molecule has 0 aliphatic carbocycles. The third-order valence-electron chi connectivity index (χ3n) is 2.52. The molecule has 0 radical (unpaired) electrons. The summed E-state index contributed by atoms with van der Waals surface area (Å²) in [6.45, 7) is 0.393. The van der Waals surface area contributed by atoms with E-state index in [4.69, 9.17) is 17.3 Å². The number of nitrogens with two attached hydrogens (primary N) is 1. The van der Waals surface area contributed by atoms with Gasteiger partial charge in [0.2, 0.25) is 0 Å². The third-order valence-corrected chi connectivity index (χ3v) is 4.11. The highest BCUT2D eigenvalue weighted by molar-refractivity contribution is 7.98. The van der Waals surface area contributed by atoms with Crippen LogP contribution in [0.25, 0.3) is 0 Å². The Labute approximate surface area is 123 Å². The molecule has 0 saturated carbocycles. The van der Waals surface area contributed by atoms with Gasteiger partial charge in [0.05, 0.1) is 11.6 Å². The first-order chi connectivity index (χ1) is 9.29. The van der Waals surface area contributed by atoms with Crippen LogP contribution in [-0.2, 0) is 5.75 Å². The van der Waals surface area contributed by atoms with Gasteiger partial charge in [-0.3, -0.25) is 0 Å². The van der Waals surface area contributed by atoms with Gasteiger partial charge in [-0.15, -0.1) is 11.8 Å². The molecule has 0 aromatic heterocycles. The van der Waals surface area contributed by atoms with Crippen molar-refractivity contribution in [2.24, 2.45) is 5.73 Å². The summed E-state index contributed by atoms with van der Waals surface area (Å²) < 4.78 is 0. The summed E-state index contributed by atoms with van der Waals surface area (Å²) in [4.78, 5) is 1.11. The summed E-state index contributed by atoms with van der Waals surface area (Å²) in [6.07, 6.45) is 0. The lowest BCUT2D eigenvalue weighted by atomic mass is 10.1. The highest BCUT2D eigenvalue weighted by Gasteiger charge is 2.00. The summed E-state index contributed by atoms with van der Waals surface area (Å²) in [5, 5.41) is 0.804. The molecule has 0 aliphatic rings. The van der Waals surface area contributed by atoms with Crippen LogP contribution in [0.15, 0.2) is 53.4 Å². The lowest BCUT2D eigenvalue weighted by molar-refractivity contribution is 1.30. The van der Waals surface area contributed by atoms with E-state index in [1.807, 2.05) is 36.4 Å². The van der Waals surface area contributed by atoms with E-state index >= 15 is 0 Å². The highest BCUT2D eigenvalue weighted by Crippen LogP contribution is 2.29. The molecule has 1 nitrogen and oxygen atoms in total. The van der Waals surface area contributed by atoms with Crippen molar-refractivity contribution in [1.82, 2.24) is 0 Å². The van der Waals surface area contributed by atoms with Crippen LogP contribution in [0.5, 0.6) is 0 Å². The Balaban J connectivity index is 1.99. The van der Waals surface area contributed by atoms with Gasteiger partial charge in [-0.2, -0.15) is 0 Å². The molecular formula is C16H14ClNS. The molecule has 0 bridgehead atoms. The predicted molar refractivity (Wildman–Crippen MR) is 83.4 cm³/mol. The monoisotopic (exact) mass is 287 g/mol. The van der Waals surface area contributed by atoms with Gasteiger partial charge in [-0.25, -0.2) is 0 Å². The summed E-state index contributed by atoms with van der Waals surface area (Å²) in [5.74, 6) is 6.75. The maximum Gasteiger partial charge on any atom is 0.0555 e. The van der Waals surface area contributed by atoms with E-state index < -0.39 is 0 Å². The van der Waals surface area contributed by atoms with Gasteiger partial charge < -0.3 is 5.73 Å².